The van der Waals surface area contributed by atoms with Crippen molar-refractivity contribution < 1.29 is 14.3 Å². The Kier molecular flexibility index (Phi) is 5.68. The van der Waals surface area contributed by atoms with Crippen LogP contribution in [0.1, 0.15) is 17.3 Å². The number of hydrogen-bond donors (Lipinski definition) is 3. The van der Waals surface area contributed by atoms with Crippen LogP contribution in [0.15, 0.2) is 83.9 Å². The van der Waals surface area contributed by atoms with Crippen molar-refractivity contribution in [2.45, 2.75) is 13.0 Å². The second kappa shape index (κ2) is 9.10. The minimum absolute atomic E-state index is 0.188. The number of ether oxygens (including phenoxy) is 1. The number of esters is 1. The van der Waals surface area contributed by atoms with Gasteiger partial charge >= 0.3 is 5.97 Å². The summed E-state index contributed by atoms with van der Waals surface area (Å²) in [5.74, 6) is -0.430. The number of anilines is 1. The van der Waals surface area contributed by atoms with Crippen molar-refractivity contribution in [3.05, 3.63) is 95.0 Å². The first-order chi connectivity index (χ1) is 17.0. The maximum absolute atomic E-state index is 12.7. The van der Waals surface area contributed by atoms with Gasteiger partial charge in [-0.05, 0) is 49.4 Å². The number of carbonyl (C=O) groups is 2. The zero-order chi connectivity index (χ0) is 24.4. The number of pyridine rings is 1. The minimum atomic E-state index is -1.10. The number of rotatable bonds is 6. The molecule has 10 heteroatoms. The summed E-state index contributed by atoms with van der Waals surface area (Å²) in [6, 6.07) is 18.8. The third-order valence-electron chi connectivity index (χ3n) is 5.30. The molecule has 5 rings (SSSR count). The Morgan fingerprint density at radius 1 is 1.06 bits per heavy atom. The van der Waals surface area contributed by atoms with Gasteiger partial charge in [0.1, 0.15) is 11.6 Å². The van der Waals surface area contributed by atoms with Gasteiger partial charge in [-0.1, -0.05) is 18.2 Å². The SMILES string of the molecule is CC(OC(=O)c1ccc2nc(-c3cccnc3)[nH]c2c1)C(=O)Nc1cc(=O)n(-c2ccccc2)[nH]1. The number of amides is 1. The van der Waals surface area contributed by atoms with Crippen molar-refractivity contribution in [2.24, 2.45) is 0 Å². The number of aromatic amines is 2. The second-order valence-corrected chi connectivity index (χ2v) is 7.77. The molecule has 0 fully saturated rings. The molecule has 0 saturated heterocycles. The zero-order valence-corrected chi connectivity index (χ0v) is 18.6. The minimum Gasteiger partial charge on any atom is -0.449 e. The lowest BCUT2D eigenvalue weighted by Crippen LogP contribution is -2.30. The van der Waals surface area contributed by atoms with Gasteiger partial charge in [-0.25, -0.2) is 14.5 Å². The van der Waals surface area contributed by atoms with E-state index in [9.17, 15) is 14.4 Å². The fraction of sp³-hybridized carbons (Fsp3) is 0.0800. The average Bonchev–Trinajstić information content (AvgIpc) is 3.47. The molecule has 10 nitrogen and oxygen atoms in total. The van der Waals surface area contributed by atoms with Gasteiger partial charge < -0.3 is 15.0 Å². The van der Waals surface area contributed by atoms with Gasteiger partial charge in [0, 0.05) is 24.0 Å². The van der Waals surface area contributed by atoms with E-state index in [2.05, 4.69) is 25.4 Å². The fourth-order valence-corrected chi connectivity index (χ4v) is 3.52. The Morgan fingerprint density at radius 3 is 2.66 bits per heavy atom. The van der Waals surface area contributed by atoms with Crippen molar-refractivity contribution >= 4 is 28.7 Å². The van der Waals surface area contributed by atoms with Crippen molar-refractivity contribution in [1.29, 1.82) is 0 Å². The van der Waals surface area contributed by atoms with Gasteiger partial charge in [-0.2, -0.15) is 0 Å². The number of nitrogens with zero attached hydrogens (tertiary/aromatic N) is 3. The summed E-state index contributed by atoms with van der Waals surface area (Å²) < 4.78 is 6.64. The topological polar surface area (TPSA) is 135 Å². The first-order valence-corrected chi connectivity index (χ1v) is 10.8. The van der Waals surface area contributed by atoms with Crippen molar-refractivity contribution in [1.82, 2.24) is 24.7 Å². The van der Waals surface area contributed by atoms with Crippen LogP contribution >= 0.6 is 0 Å². The van der Waals surface area contributed by atoms with Crippen LogP contribution in [0.4, 0.5) is 5.82 Å². The molecule has 3 heterocycles. The van der Waals surface area contributed by atoms with Crippen LogP contribution in [-0.2, 0) is 9.53 Å². The molecule has 1 unspecified atom stereocenters. The third-order valence-corrected chi connectivity index (χ3v) is 5.30. The van der Waals surface area contributed by atoms with E-state index in [0.29, 0.717) is 22.5 Å². The van der Waals surface area contributed by atoms with Crippen LogP contribution < -0.4 is 10.9 Å². The van der Waals surface area contributed by atoms with Gasteiger partial charge in [0.15, 0.2) is 6.10 Å². The molecule has 3 aromatic heterocycles. The van der Waals surface area contributed by atoms with Crippen LogP contribution in [0, 0.1) is 0 Å². The first kappa shape index (κ1) is 21.8. The highest BCUT2D eigenvalue weighted by molar-refractivity contribution is 5.98. The Hall–Kier alpha value is -4.99. The molecule has 174 valence electrons. The van der Waals surface area contributed by atoms with Gasteiger partial charge in [0.2, 0.25) is 0 Å². The van der Waals surface area contributed by atoms with E-state index < -0.39 is 18.0 Å². The van der Waals surface area contributed by atoms with Crippen molar-refractivity contribution in [3.63, 3.8) is 0 Å². The fourth-order valence-electron chi connectivity index (χ4n) is 3.52. The van der Waals surface area contributed by atoms with Gasteiger partial charge in [-0.3, -0.25) is 19.7 Å². The average molecular weight is 468 g/mol. The van der Waals surface area contributed by atoms with Crippen LogP contribution in [0.5, 0.6) is 0 Å². The lowest BCUT2D eigenvalue weighted by atomic mass is 10.2. The predicted molar refractivity (Wildman–Crippen MR) is 129 cm³/mol. The molecule has 0 aliphatic heterocycles. The summed E-state index contributed by atoms with van der Waals surface area (Å²) in [7, 11) is 0. The number of hydrogen-bond acceptors (Lipinski definition) is 6. The number of carbonyl (C=O) groups excluding carboxylic acids is 2. The summed E-state index contributed by atoms with van der Waals surface area (Å²) in [6.45, 7) is 1.45. The Morgan fingerprint density at radius 2 is 1.89 bits per heavy atom. The van der Waals surface area contributed by atoms with Crippen LogP contribution in [0.25, 0.3) is 28.1 Å². The third kappa shape index (κ3) is 4.58. The summed E-state index contributed by atoms with van der Waals surface area (Å²) >= 11 is 0. The van der Waals surface area contributed by atoms with E-state index in [4.69, 9.17) is 4.74 Å². The Labute approximate surface area is 198 Å². The standard InChI is InChI=1S/C25H20N6O4/c1-15(24(33)29-21-13-22(32)31(30-21)18-7-3-2-4-8-18)35-25(34)16-9-10-19-20(12-16)28-23(27-19)17-6-5-11-26-14-17/h2-15,30H,1H3,(H,27,28)(H,29,33). The lowest BCUT2D eigenvalue weighted by Gasteiger charge is -2.12. The van der Waals surface area contributed by atoms with E-state index in [1.165, 1.54) is 17.7 Å². The molecular weight excluding hydrogens is 448 g/mol. The molecule has 5 aromatic rings. The van der Waals surface area contributed by atoms with E-state index in [-0.39, 0.29) is 16.9 Å². The molecule has 0 spiro atoms. The van der Waals surface area contributed by atoms with E-state index in [1.54, 1.807) is 54.9 Å². The number of imidazole rings is 1. The van der Waals surface area contributed by atoms with E-state index in [0.717, 1.165) is 5.56 Å². The number of benzene rings is 2. The molecular formula is C25H20N6O4. The summed E-state index contributed by atoms with van der Waals surface area (Å²) in [5, 5.41) is 5.39. The molecule has 0 bridgehead atoms. The molecule has 3 N–H and O–H groups in total. The summed E-state index contributed by atoms with van der Waals surface area (Å²) in [6.07, 6.45) is 2.26. The number of H-pyrrole nitrogens is 2. The maximum atomic E-state index is 12.7. The maximum Gasteiger partial charge on any atom is 0.338 e. The summed E-state index contributed by atoms with van der Waals surface area (Å²) in [4.78, 5) is 49.2. The molecule has 2 aromatic carbocycles. The predicted octanol–water partition coefficient (Wildman–Crippen LogP) is 3.29. The number of nitrogens with one attached hydrogen (secondary N) is 3. The van der Waals surface area contributed by atoms with Crippen LogP contribution in [-0.4, -0.2) is 42.7 Å². The molecule has 1 amide bonds. The quantitative estimate of drug-likeness (QED) is 0.327. The van der Waals surface area contributed by atoms with Gasteiger partial charge in [-0.15, -0.1) is 0 Å². The van der Waals surface area contributed by atoms with Crippen molar-refractivity contribution in [3.8, 4) is 17.1 Å². The zero-order valence-electron chi connectivity index (χ0n) is 18.6. The molecule has 35 heavy (non-hydrogen) atoms. The molecule has 0 saturated carbocycles. The lowest BCUT2D eigenvalue weighted by molar-refractivity contribution is -0.123. The number of para-hydroxylation sites is 1. The first-order valence-electron chi connectivity index (χ1n) is 10.8. The smallest absolute Gasteiger partial charge is 0.338 e. The highest BCUT2D eigenvalue weighted by Crippen LogP contribution is 2.21. The number of aromatic nitrogens is 5. The highest BCUT2D eigenvalue weighted by atomic mass is 16.5. The molecule has 0 aliphatic carbocycles. The normalized spacial score (nSPS) is 11.8. The van der Waals surface area contributed by atoms with Crippen LogP contribution in [0.2, 0.25) is 0 Å². The summed E-state index contributed by atoms with van der Waals surface area (Å²) in [5.41, 5.74) is 2.70. The number of fused-ring (bicyclic) bond motifs is 1. The van der Waals surface area contributed by atoms with Gasteiger partial charge in [0.05, 0.1) is 22.3 Å². The van der Waals surface area contributed by atoms with E-state index in [1.807, 2.05) is 18.2 Å². The molecule has 0 aliphatic rings. The van der Waals surface area contributed by atoms with Crippen molar-refractivity contribution in [2.75, 3.05) is 5.32 Å². The van der Waals surface area contributed by atoms with Crippen LogP contribution in [0.3, 0.4) is 0 Å². The van der Waals surface area contributed by atoms with Gasteiger partial charge in [0.25, 0.3) is 11.5 Å². The molecule has 1 atom stereocenters. The Balaban J connectivity index is 1.26. The monoisotopic (exact) mass is 468 g/mol. The van der Waals surface area contributed by atoms with E-state index >= 15 is 0 Å². The Bertz CT molecular complexity index is 1570. The second-order valence-electron chi connectivity index (χ2n) is 7.77. The largest absolute Gasteiger partial charge is 0.449 e. The molecule has 0 radical (unpaired) electrons. The highest BCUT2D eigenvalue weighted by Gasteiger charge is 2.21.